The minimum absolute atomic E-state index is 0.389. The summed E-state index contributed by atoms with van der Waals surface area (Å²) in [6, 6.07) is 6.30. The first-order valence-electron chi connectivity index (χ1n) is 6.12. The van der Waals surface area contributed by atoms with Gasteiger partial charge < -0.3 is 5.11 Å². The second kappa shape index (κ2) is 4.84. The van der Waals surface area contributed by atoms with Crippen LogP contribution in [0.2, 0.25) is 0 Å². The van der Waals surface area contributed by atoms with Crippen molar-refractivity contribution in [3.63, 3.8) is 0 Å². The molecule has 16 heavy (non-hydrogen) atoms. The minimum atomic E-state index is -0.389. The summed E-state index contributed by atoms with van der Waals surface area (Å²) in [6.45, 7) is 4.15. The van der Waals surface area contributed by atoms with Crippen LogP contribution < -0.4 is 0 Å². The first-order chi connectivity index (χ1) is 7.68. The predicted octanol–water partition coefficient (Wildman–Crippen LogP) is 3.84. The van der Waals surface area contributed by atoms with Gasteiger partial charge in [0, 0.05) is 0 Å². The van der Waals surface area contributed by atoms with Gasteiger partial charge in [0.1, 0.15) is 6.10 Å². The molecule has 0 saturated heterocycles. The van der Waals surface area contributed by atoms with E-state index in [2.05, 4.69) is 38.1 Å². The number of hydrogen-bond acceptors (Lipinski definition) is 1. The molecule has 0 spiro atoms. The monoisotopic (exact) mass is 216 g/mol. The maximum absolute atomic E-state index is 10.4. The Bertz CT molecular complexity index is 404. The number of aliphatic hydroxyl groups excluding tert-OH is 1. The lowest BCUT2D eigenvalue weighted by atomic mass is 9.89. The molecule has 1 atom stereocenters. The number of allylic oxidation sites excluding steroid dienone is 1. The summed E-state index contributed by atoms with van der Waals surface area (Å²) in [6.07, 6.45) is 6.48. The van der Waals surface area contributed by atoms with E-state index in [0.717, 1.165) is 18.4 Å². The van der Waals surface area contributed by atoms with Crippen molar-refractivity contribution < 1.29 is 5.11 Å². The number of hydrogen-bond donors (Lipinski definition) is 1. The van der Waals surface area contributed by atoms with Crippen LogP contribution in [0.25, 0.3) is 0 Å². The molecule has 1 unspecified atom stereocenters. The third-order valence-electron chi connectivity index (χ3n) is 3.41. The molecule has 0 aromatic heterocycles. The topological polar surface area (TPSA) is 20.2 Å². The molecule has 0 fully saturated rings. The van der Waals surface area contributed by atoms with E-state index in [1.54, 1.807) is 0 Å². The van der Waals surface area contributed by atoms with E-state index in [4.69, 9.17) is 0 Å². The van der Waals surface area contributed by atoms with Crippen LogP contribution in [0, 0.1) is 13.8 Å². The van der Waals surface area contributed by atoms with Crippen LogP contribution in [0.4, 0.5) is 0 Å². The molecule has 0 bridgehead atoms. The van der Waals surface area contributed by atoms with Crippen molar-refractivity contribution in [3.8, 4) is 0 Å². The summed E-state index contributed by atoms with van der Waals surface area (Å²) < 4.78 is 0. The Morgan fingerprint density at radius 1 is 1.19 bits per heavy atom. The second-order valence-electron chi connectivity index (χ2n) is 4.79. The molecule has 0 radical (unpaired) electrons. The van der Waals surface area contributed by atoms with Gasteiger partial charge >= 0.3 is 0 Å². The highest BCUT2D eigenvalue weighted by Gasteiger charge is 2.16. The maximum atomic E-state index is 10.4. The van der Waals surface area contributed by atoms with Crippen LogP contribution in [0.5, 0.6) is 0 Å². The fourth-order valence-electron chi connectivity index (χ4n) is 2.37. The summed E-state index contributed by atoms with van der Waals surface area (Å²) in [5.41, 5.74) is 4.69. The first kappa shape index (κ1) is 11.4. The molecule has 1 nitrogen and oxygen atoms in total. The molecule has 0 aliphatic heterocycles. The number of aryl methyl sites for hydroxylation is 2. The van der Waals surface area contributed by atoms with Gasteiger partial charge in [-0.05, 0) is 56.2 Å². The standard InChI is InChI=1S/C15H20O/c1-11-8-9-12(2)14(10-11)15(16)13-6-4-3-5-7-13/h6,8-10,15-16H,3-5,7H2,1-2H3. The molecule has 2 rings (SSSR count). The van der Waals surface area contributed by atoms with E-state index in [0.29, 0.717) is 0 Å². The molecule has 0 saturated carbocycles. The molecule has 86 valence electrons. The molecular weight excluding hydrogens is 196 g/mol. The van der Waals surface area contributed by atoms with Crippen LogP contribution in [0.15, 0.2) is 29.8 Å². The van der Waals surface area contributed by atoms with Crippen LogP contribution in [0.1, 0.15) is 48.5 Å². The third kappa shape index (κ3) is 2.35. The molecule has 1 aromatic rings. The zero-order valence-corrected chi connectivity index (χ0v) is 10.2. The Kier molecular flexibility index (Phi) is 3.45. The van der Waals surface area contributed by atoms with Gasteiger partial charge in [0.25, 0.3) is 0 Å². The Hall–Kier alpha value is -1.08. The van der Waals surface area contributed by atoms with Crippen LogP contribution in [0.3, 0.4) is 0 Å². The van der Waals surface area contributed by atoms with Gasteiger partial charge in [-0.1, -0.05) is 29.8 Å². The van der Waals surface area contributed by atoms with Gasteiger partial charge in [-0.3, -0.25) is 0 Å². The van der Waals surface area contributed by atoms with Gasteiger partial charge in [-0.15, -0.1) is 0 Å². The summed E-state index contributed by atoms with van der Waals surface area (Å²) in [7, 11) is 0. The van der Waals surface area contributed by atoms with E-state index >= 15 is 0 Å². The Balaban J connectivity index is 2.29. The normalized spacial score (nSPS) is 18.1. The largest absolute Gasteiger partial charge is 0.384 e. The summed E-state index contributed by atoms with van der Waals surface area (Å²) in [5.74, 6) is 0. The fourth-order valence-corrected chi connectivity index (χ4v) is 2.37. The Labute approximate surface area is 97.8 Å². The van der Waals surface area contributed by atoms with Crippen molar-refractivity contribution in [1.29, 1.82) is 0 Å². The van der Waals surface area contributed by atoms with Crippen LogP contribution >= 0.6 is 0 Å². The summed E-state index contributed by atoms with van der Waals surface area (Å²) in [5, 5.41) is 10.4. The molecule has 1 N–H and O–H groups in total. The lowest BCUT2D eigenvalue weighted by Gasteiger charge is -2.20. The molecular formula is C15H20O. The zero-order chi connectivity index (χ0) is 11.5. The van der Waals surface area contributed by atoms with Crippen LogP contribution in [-0.4, -0.2) is 5.11 Å². The molecule has 1 heteroatoms. The van der Waals surface area contributed by atoms with E-state index in [1.165, 1.54) is 29.5 Å². The molecule has 0 heterocycles. The SMILES string of the molecule is Cc1ccc(C)c(C(O)C2=CCCCC2)c1. The van der Waals surface area contributed by atoms with Gasteiger partial charge in [0.15, 0.2) is 0 Å². The van der Waals surface area contributed by atoms with E-state index in [1.807, 2.05) is 0 Å². The zero-order valence-electron chi connectivity index (χ0n) is 10.2. The summed E-state index contributed by atoms with van der Waals surface area (Å²) in [4.78, 5) is 0. The maximum Gasteiger partial charge on any atom is 0.100 e. The highest BCUT2D eigenvalue weighted by Crippen LogP contribution is 2.31. The number of rotatable bonds is 2. The summed E-state index contributed by atoms with van der Waals surface area (Å²) >= 11 is 0. The average molecular weight is 216 g/mol. The minimum Gasteiger partial charge on any atom is -0.384 e. The molecule has 0 amide bonds. The van der Waals surface area contributed by atoms with Crippen molar-refractivity contribution in [2.24, 2.45) is 0 Å². The van der Waals surface area contributed by atoms with Gasteiger partial charge in [-0.2, -0.15) is 0 Å². The predicted molar refractivity (Wildman–Crippen MR) is 67.4 cm³/mol. The highest BCUT2D eigenvalue weighted by molar-refractivity contribution is 5.36. The van der Waals surface area contributed by atoms with Crippen molar-refractivity contribution >= 4 is 0 Å². The van der Waals surface area contributed by atoms with Crippen LogP contribution in [-0.2, 0) is 0 Å². The van der Waals surface area contributed by atoms with Crippen molar-refractivity contribution in [2.45, 2.75) is 45.6 Å². The number of benzene rings is 1. The second-order valence-corrected chi connectivity index (χ2v) is 4.79. The lowest BCUT2D eigenvalue weighted by Crippen LogP contribution is -2.06. The third-order valence-corrected chi connectivity index (χ3v) is 3.41. The fraction of sp³-hybridized carbons (Fsp3) is 0.467. The number of aliphatic hydroxyl groups is 1. The smallest absolute Gasteiger partial charge is 0.100 e. The van der Waals surface area contributed by atoms with Crippen molar-refractivity contribution in [1.82, 2.24) is 0 Å². The van der Waals surface area contributed by atoms with Crippen molar-refractivity contribution in [2.75, 3.05) is 0 Å². The van der Waals surface area contributed by atoms with Crippen molar-refractivity contribution in [3.05, 3.63) is 46.5 Å². The van der Waals surface area contributed by atoms with E-state index in [9.17, 15) is 5.11 Å². The highest BCUT2D eigenvalue weighted by atomic mass is 16.3. The van der Waals surface area contributed by atoms with E-state index < -0.39 is 0 Å². The molecule has 1 aliphatic carbocycles. The average Bonchev–Trinajstić information content (AvgIpc) is 2.32. The Morgan fingerprint density at radius 3 is 2.69 bits per heavy atom. The molecule has 1 aromatic carbocycles. The molecule has 1 aliphatic rings. The first-order valence-corrected chi connectivity index (χ1v) is 6.12. The van der Waals surface area contributed by atoms with Gasteiger partial charge in [-0.25, -0.2) is 0 Å². The van der Waals surface area contributed by atoms with Gasteiger partial charge in [0.2, 0.25) is 0 Å². The lowest BCUT2D eigenvalue weighted by molar-refractivity contribution is 0.207. The van der Waals surface area contributed by atoms with E-state index in [-0.39, 0.29) is 6.10 Å². The van der Waals surface area contributed by atoms with Gasteiger partial charge in [0.05, 0.1) is 0 Å². The Morgan fingerprint density at radius 2 is 2.00 bits per heavy atom. The quantitative estimate of drug-likeness (QED) is 0.745.